The van der Waals surface area contributed by atoms with Crippen LogP contribution in [0.25, 0.3) is 0 Å². The van der Waals surface area contributed by atoms with Crippen molar-refractivity contribution in [3.63, 3.8) is 0 Å². The summed E-state index contributed by atoms with van der Waals surface area (Å²) in [6.45, 7) is 2.61. The summed E-state index contributed by atoms with van der Waals surface area (Å²) in [6, 6.07) is 3.85. The molecule has 4 nitrogen and oxygen atoms in total. The third-order valence-corrected chi connectivity index (χ3v) is 4.01. The molecule has 0 saturated carbocycles. The summed E-state index contributed by atoms with van der Waals surface area (Å²) >= 11 is 4.90. The van der Waals surface area contributed by atoms with Crippen LogP contribution >= 0.6 is 27.7 Å². The van der Waals surface area contributed by atoms with Crippen LogP contribution in [0.15, 0.2) is 37.5 Å². The molecule has 96 valence electrons. The lowest BCUT2D eigenvalue weighted by Crippen LogP contribution is -1.99. The summed E-state index contributed by atoms with van der Waals surface area (Å²) in [5.74, 6) is 0.933. The van der Waals surface area contributed by atoms with Gasteiger partial charge < -0.3 is 10.2 Å². The second-order valence-electron chi connectivity index (χ2n) is 3.82. The Balaban J connectivity index is 2.11. The minimum absolute atomic E-state index is 0.668. The largest absolute Gasteiger partial charge is 0.453 e. The fraction of sp³-hybridized carbons (Fsp3) is 0.333. The van der Waals surface area contributed by atoms with E-state index in [1.165, 1.54) is 11.8 Å². The predicted octanol–water partition coefficient (Wildman–Crippen LogP) is 3.18. The normalized spacial score (nSPS) is 10.8. The monoisotopic (exact) mass is 327 g/mol. The van der Waals surface area contributed by atoms with Crippen molar-refractivity contribution in [2.45, 2.75) is 30.0 Å². The van der Waals surface area contributed by atoms with Gasteiger partial charge in [0, 0.05) is 18.3 Å². The van der Waals surface area contributed by atoms with E-state index in [0.29, 0.717) is 11.7 Å². The number of aromatic nitrogens is 2. The number of nitrogens with zero attached hydrogens (tertiary/aromatic N) is 2. The van der Waals surface area contributed by atoms with Gasteiger partial charge in [0.25, 0.3) is 0 Å². The third kappa shape index (κ3) is 3.57. The van der Waals surface area contributed by atoms with Crippen LogP contribution < -0.4 is 5.73 Å². The zero-order chi connectivity index (χ0) is 13.0. The van der Waals surface area contributed by atoms with Crippen LogP contribution in [0.5, 0.6) is 0 Å². The highest BCUT2D eigenvalue weighted by Gasteiger charge is 2.12. The molecule has 0 aromatic carbocycles. The maximum atomic E-state index is 5.74. The number of rotatable bonds is 5. The van der Waals surface area contributed by atoms with Crippen molar-refractivity contribution in [2.75, 3.05) is 6.54 Å². The Kier molecular flexibility index (Phi) is 4.79. The average molecular weight is 328 g/mol. The molecule has 0 fully saturated rings. The van der Waals surface area contributed by atoms with Crippen LogP contribution in [0.1, 0.15) is 17.9 Å². The second kappa shape index (κ2) is 6.36. The van der Waals surface area contributed by atoms with Crippen LogP contribution in [-0.4, -0.2) is 16.5 Å². The van der Waals surface area contributed by atoms with Crippen LogP contribution in [0.4, 0.5) is 0 Å². The summed E-state index contributed by atoms with van der Waals surface area (Å²) in [4.78, 5) is 8.53. The molecule has 0 aliphatic rings. The summed E-state index contributed by atoms with van der Waals surface area (Å²) < 4.78 is 6.68. The maximum absolute atomic E-state index is 5.74. The van der Waals surface area contributed by atoms with Crippen LogP contribution in [0.2, 0.25) is 0 Å². The van der Waals surface area contributed by atoms with Gasteiger partial charge in [-0.05, 0) is 59.7 Å². The van der Waals surface area contributed by atoms with Gasteiger partial charge in [0.2, 0.25) is 0 Å². The molecule has 0 saturated heterocycles. The fourth-order valence-electron chi connectivity index (χ4n) is 1.42. The van der Waals surface area contributed by atoms with Gasteiger partial charge in [0.15, 0.2) is 10.2 Å². The van der Waals surface area contributed by atoms with E-state index in [1.54, 1.807) is 6.20 Å². The van der Waals surface area contributed by atoms with Crippen molar-refractivity contribution in [1.82, 2.24) is 9.97 Å². The summed E-state index contributed by atoms with van der Waals surface area (Å²) in [5.41, 5.74) is 6.43. The first-order valence-corrected chi connectivity index (χ1v) is 7.26. The molecule has 0 aliphatic carbocycles. The smallest absolute Gasteiger partial charge is 0.195 e. The highest BCUT2D eigenvalue weighted by atomic mass is 79.9. The molecule has 2 heterocycles. The lowest BCUT2D eigenvalue weighted by molar-refractivity contribution is 0.425. The molecule has 2 aromatic rings. The molecule has 6 heteroatoms. The molecule has 2 N–H and O–H groups in total. The molecule has 0 aliphatic heterocycles. The Labute approximate surface area is 119 Å². The Hall–Kier alpha value is -0.850. The van der Waals surface area contributed by atoms with E-state index in [9.17, 15) is 0 Å². The molecule has 0 atom stereocenters. The van der Waals surface area contributed by atoms with Crippen molar-refractivity contribution in [1.29, 1.82) is 0 Å². The first-order chi connectivity index (χ1) is 8.69. The van der Waals surface area contributed by atoms with E-state index in [2.05, 4.69) is 25.9 Å². The number of nitrogens with two attached hydrogens (primary N) is 1. The molecular formula is C12H14BrN3OS. The van der Waals surface area contributed by atoms with Gasteiger partial charge in [0.1, 0.15) is 5.76 Å². The van der Waals surface area contributed by atoms with E-state index >= 15 is 0 Å². The van der Waals surface area contributed by atoms with Gasteiger partial charge >= 0.3 is 0 Å². The lowest BCUT2D eigenvalue weighted by Gasteiger charge is -1.98. The first kappa shape index (κ1) is 13.6. The maximum Gasteiger partial charge on any atom is 0.195 e. The van der Waals surface area contributed by atoms with Crippen molar-refractivity contribution >= 4 is 27.7 Å². The molecular weight excluding hydrogens is 314 g/mol. The highest BCUT2D eigenvalue weighted by Crippen LogP contribution is 2.34. The quantitative estimate of drug-likeness (QED) is 0.854. The number of hydrogen-bond acceptors (Lipinski definition) is 5. The van der Waals surface area contributed by atoms with Crippen LogP contribution in [0, 0.1) is 6.92 Å². The Morgan fingerprint density at radius 3 is 3.06 bits per heavy atom. The van der Waals surface area contributed by atoms with Gasteiger partial charge in [-0.15, -0.1) is 0 Å². The zero-order valence-electron chi connectivity index (χ0n) is 10.0. The van der Waals surface area contributed by atoms with Gasteiger partial charge in [0.05, 0.1) is 4.47 Å². The van der Waals surface area contributed by atoms with E-state index in [0.717, 1.165) is 33.9 Å². The molecule has 18 heavy (non-hydrogen) atoms. The van der Waals surface area contributed by atoms with Crippen LogP contribution in [0.3, 0.4) is 0 Å². The summed E-state index contributed by atoms with van der Waals surface area (Å²) in [7, 11) is 0. The third-order valence-electron chi connectivity index (χ3n) is 2.29. The van der Waals surface area contributed by atoms with Crippen molar-refractivity contribution < 1.29 is 4.42 Å². The van der Waals surface area contributed by atoms with Gasteiger partial charge in [-0.1, -0.05) is 0 Å². The number of aryl methyl sites for hydroxylation is 2. The Morgan fingerprint density at radius 2 is 2.33 bits per heavy atom. The minimum Gasteiger partial charge on any atom is -0.453 e. The van der Waals surface area contributed by atoms with Crippen LogP contribution in [-0.2, 0) is 6.42 Å². The molecule has 0 spiro atoms. The van der Waals surface area contributed by atoms with E-state index < -0.39 is 0 Å². The molecule has 2 rings (SSSR count). The van der Waals surface area contributed by atoms with Crippen molar-refractivity contribution in [2.24, 2.45) is 5.73 Å². The lowest BCUT2D eigenvalue weighted by atomic mass is 10.2. The van der Waals surface area contributed by atoms with Gasteiger partial charge in [-0.3, -0.25) is 0 Å². The SMILES string of the molecule is Cc1ccnc(Sc2oc(CCCN)cc2Br)n1. The molecule has 0 unspecified atom stereocenters. The molecule has 2 aromatic heterocycles. The topological polar surface area (TPSA) is 64.9 Å². The second-order valence-corrected chi connectivity index (χ2v) is 5.62. The van der Waals surface area contributed by atoms with Gasteiger partial charge in [-0.2, -0.15) is 0 Å². The fourth-order valence-corrected chi connectivity index (χ4v) is 2.78. The zero-order valence-corrected chi connectivity index (χ0v) is 12.4. The Bertz CT molecular complexity index is 530. The summed E-state index contributed by atoms with van der Waals surface area (Å²) in [5, 5.41) is 1.48. The molecule has 0 bridgehead atoms. The standard InChI is InChI=1S/C12H14BrN3OS/c1-8-4-6-15-12(16-8)18-11-10(13)7-9(17-11)3-2-5-14/h4,6-7H,2-3,5,14H2,1H3. The Morgan fingerprint density at radius 1 is 1.50 bits per heavy atom. The molecule has 0 radical (unpaired) electrons. The molecule has 0 amide bonds. The first-order valence-electron chi connectivity index (χ1n) is 5.65. The van der Waals surface area contributed by atoms with Crippen molar-refractivity contribution in [3.8, 4) is 0 Å². The number of furan rings is 1. The minimum atomic E-state index is 0.668. The number of halogens is 1. The van der Waals surface area contributed by atoms with Crippen molar-refractivity contribution in [3.05, 3.63) is 34.3 Å². The number of hydrogen-bond donors (Lipinski definition) is 1. The summed E-state index contributed by atoms with van der Waals surface area (Å²) in [6.07, 6.45) is 3.52. The van der Waals surface area contributed by atoms with E-state index in [4.69, 9.17) is 10.2 Å². The van der Waals surface area contributed by atoms with E-state index in [1.807, 2.05) is 19.1 Å². The van der Waals surface area contributed by atoms with Gasteiger partial charge in [-0.25, -0.2) is 9.97 Å². The highest BCUT2D eigenvalue weighted by molar-refractivity contribution is 9.10. The average Bonchev–Trinajstić information content (AvgIpc) is 2.68. The predicted molar refractivity (Wildman–Crippen MR) is 74.7 cm³/mol. The van der Waals surface area contributed by atoms with E-state index in [-0.39, 0.29) is 0 Å².